The van der Waals surface area contributed by atoms with Crippen LogP contribution in [0.4, 0.5) is 0 Å². The van der Waals surface area contributed by atoms with E-state index in [4.69, 9.17) is 11.5 Å². The third-order valence-electron chi connectivity index (χ3n) is 1.58. The summed E-state index contributed by atoms with van der Waals surface area (Å²) < 4.78 is 0. The monoisotopic (exact) mass is 144 g/mol. The van der Waals surface area contributed by atoms with E-state index in [0.717, 1.165) is 0 Å². The average Bonchev–Trinajstić information content (AvgIpc) is 1.87. The van der Waals surface area contributed by atoms with Gasteiger partial charge in [-0.1, -0.05) is 6.92 Å². The predicted molar refractivity (Wildman–Crippen MR) is 41.5 cm³/mol. The summed E-state index contributed by atoms with van der Waals surface area (Å²) in [7, 11) is 0. The molecule has 0 aromatic heterocycles. The first kappa shape index (κ1) is 9.59. The molecular weight excluding hydrogens is 128 g/mol. The van der Waals surface area contributed by atoms with Crippen molar-refractivity contribution in [2.45, 2.75) is 26.3 Å². The number of hydrogen-bond acceptors (Lipinski definition) is 3. The van der Waals surface area contributed by atoms with E-state index in [1.165, 1.54) is 6.92 Å². The summed E-state index contributed by atoms with van der Waals surface area (Å²) in [5, 5.41) is 0. The highest BCUT2D eigenvalue weighted by Crippen LogP contribution is 2.02. The third-order valence-corrected chi connectivity index (χ3v) is 1.58. The molecule has 2 atom stereocenters. The molecule has 0 bridgehead atoms. The average molecular weight is 144 g/mol. The Morgan fingerprint density at radius 2 is 2.10 bits per heavy atom. The summed E-state index contributed by atoms with van der Waals surface area (Å²) in [5.41, 5.74) is 10.8. The normalized spacial score (nSPS) is 16.4. The summed E-state index contributed by atoms with van der Waals surface area (Å²) >= 11 is 0. The molecule has 0 heterocycles. The van der Waals surface area contributed by atoms with Crippen LogP contribution in [0.2, 0.25) is 0 Å². The van der Waals surface area contributed by atoms with Crippen LogP contribution < -0.4 is 11.5 Å². The highest BCUT2D eigenvalue weighted by Gasteiger charge is 2.10. The molecule has 3 heteroatoms. The molecule has 0 rings (SSSR count). The first-order chi connectivity index (χ1) is 4.57. The Balaban J connectivity index is 3.56. The van der Waals surface area contributed by atoms with Crippen LogP contribution in [0.15, 0.2) is 0 Å². The molecule has 0 aliphatic rings. The molecule has 60 valence electrons. The van der Waals surface area contributed by atoms with E-state index in [2.05, 4.69) is 0 Å². The largest absolute Gasteiger partial charge is 0.330 e. The summed E-state index contributed by atoms with van der Waals surface area (Å²) in [6.45, 7) is 4.09. The van der Waals surface area contributed by atoms with Gasteiger partial charge in [0.15, 0.2) is 0 Å². The van der Waals surface area contributed by atoms with Gasteiger partial charge in [-0.05, 0) is 25.8 Å². The molecule has 0 saturated carbocycles. The highest BCUT2D eigenvalue weighted by molar-refractivity contribution is 5.81. The molecule has 0 aromatic rings. The van der Waals surface area contributed by atoms with E-state index in [1.54, 1.807) is 0 Å². The molecule has 0 fully saturated rings. The van der Waals surface area contributed by atoms with Crippen LogP contribution >= 0.6 is 0 Å². The molecular formula is C7H16N2O. The van der Waals surface area contributed by atoms with Crippen LogP contribution in [-0.2, 0) is 4.79 Å². The summed E-state index contributed by atoms with van der Waals surface area (Å²) in [6, 6.07) is -0.321. The van der Waals surface area contributed by atoms with Crippen LogP contribution in [0.5, 0.6) is 0 Å². The zero-order valence-corrected chi connectivity index (χ0v) is 6.63. The summed E-state index contributed by atoms with van der Waals surface area (Å²) in [6.07, 6.45) is 0.700. The molecule has 10 heavy (non-hydrogen) atoms. The topological polar surface area (TPSA) is 69.1 Å². The predicted octanol–water partition coefficient (Wildman–Crippen LogP) is -0.112. The van der Waals surface area contributed by atoms with E-state index in [-0.39, 0.29) is 11.8 Å². The lowest BCUT2D eigenvalue weighted by Crippen LogP contribution is -2.31. The third kappa shape index (κ3) is 3.58. The number of rotatable bonds is 4. The first-order valence-electron chi connectivity index (χ1n) is 3.54. The van der Waals surface area contributed by atoms with Crippen molar-refractivity contribution in [2.75, 3.05) is 6.54 Å². The zero-order chi connectivity index (χ0) is 8.15. The van der Waals surface area contributed by atoms with Crippen molar-refractivity contribution >= 4 is 5.78 Å². The Kier molecular flexibility index (Phi) is 4.23. The van der Waals surface area contributed by atoms with Gasteiger partial charge in [0.2, 0.25) is 0 Å². The fraction of sp³-hybridized carbons (Fsp3) is 0.857. The van der Waals surface area contributed by atoms with Gasteiger partial charge in [0.25, 0.3) is 0 Å². The van der Waals surface area contributed by atoms with Gasteiger partial charge in [-0.3, -0.25) is 4.79 Å². The van der Waals surface area contributed by atoms with Crippen LogP contribution in [-0.4, -0.2) is 18.4 Å². The fourth-order valence-electron chi connectivity index (χ4n) is 0.696. The Labute approximate surface area is 61.8 Å². The zero-order valence-electron chi connectivity index (χ0n) is 6.63. The standard InChI is InChI=1S/C7H16N2O/c1-5(4-8)3-7(9)6(2)10/h5,7H,3-4,8-9H2,1-2H3. The molecule has 4 N–H and O–H groups in total. The Morgan fingerprint density at radius 3 is 2.40 bits per heavy atom. The van der Waals surface area contributed by atoms with E-state index in [9.17, 15) is 4.79 Å². The minimum Gasteiger partial charge on any atom is -0.330 e. The second kappa shape index (κ2) is 4.41. The van der Waals surface area contributed by atoms with E-state index in [0.29, 0.717) is 18.9 Å². The number of ketones is 1. The van der Waals surface area contributed by atoms with Crippen molar-refractivity contribution in [3.8, 4) is 0 Å². The number of carbonyl (C=O) groups excluding carboxylic acids is 1. The molecule has 0 spiro atoms. The van der Waals surface area contributed by atoms with Gasteiger partial charge < -0.3 is 11.5 Å². The Bertz CT molecular complexity index is 114. The van der Waals surface area contributed by atoms with Crippen molar-refractivity contribution in [1.82, 2.24) is 0 Å². The van der Waals surface area contributed by atoms with Gasteiger partial charge in [0, 0.05) is 0 Å². The SMILES string of the molecule is CC(=O)C(N)CC(C)CN. The Hall–Kier alpha value is -0.410. The van der Waals surface area contributed by atoms with E-state index in [1.807, 2.05) is 6.92 Å². The molecule has 0 aliphatic heterocycles. The summed E-state index contributed by atoms with van der Waals surface area (Å²) in [4.78, 5) is 10.6. The van der Waals surface area contributed by atoms with Gasteiger partial charge in [-0.25, -0.2) is 0 Å². The minimum atomic E-state index is -0.321. The number of nitrogens with two attached hydrogens (primary N) is 2. The van der Waals surface area contributed by atoms with Gasteiger partial charge in [0.05, 0.1) is 6.04 Å². The lowest BCUT2D eigenvalue weighted by molar-refractivity contribution is -0.118. The maximum Gasteiger partial charge on any atom is 0.146 e. The second-order valence-corrected chi connectivity index (χ2v) is 2.79. The lowest BCUT2D eigenvalue weighted by Gasteiger charge is -2.11. The van der Waals surface area contributed by atoms with Crippen molar-refractivity contribution in [1.29, 1.82) is 0 Å². The summed E-state index contributed by atoms with van der Waals surface area (Å²) in [5.74, 6) is 0.388. The van der Waals surface area contributed by atoms with Crippen LogP contribution in [0.25, 0.3) is 0 Å². The van der Waals surface area contributed by atoms with E-state index < -0.39 is 0 Å². The number of hydrogen-bond donors (Lipinski definition) is 2. The number of carbonyl (C=O) groups is 1. The van der Waals surface area contributed by atoms with Crippen molar-refractivity contribution in [3.63, 3.8) is 0 Å². The van der Waals surface area contributed by atoms with Crippen LogP contribution in [0.3, 0.4) is 0 Å². The minimum absolute atomic E-state index is 0.0419. The smallest absolute Gasteiger partial charge is 0.146 e. The van der Waals surface area contributed by atoms with Gasteiger partial charge >= 0.3 is 0 Å². The number of Topliss-reactive ketones (excluding diaryl/α,β-unsaturated/α-hetero) is 1. The van der Waals surface area contributed by atoms with Crippen LogP contribution in [0.1, 0.15) is 20.3 Å². The van der Waals surface area contributed by atoms with Gasteiger partial charge in [-0.15, -0.1) is 0 Å². The second-order valence-electron chi connectivity index (χ2n) is 2.79. The molecule has 0 aromatic carbocycles. The van der Waals surface area contributed by atoms with Crippen molar-refractivity contribution in [2.24, 2.45) is 17.4 Å². The van der Waals surface area contributed by atoms with Gasteiger partial charge in [0.1, 0.15) is 5.78 Å². The molecule has 2 unspecified atom stereocenters. The Morgan fingerprint density at radius 1 is 1.60 bits per heavy atom. The van der Waals surface area contributed by atoms with Gasteiger partial charge in [-0.2, -0.15) is 0 Å². The maximum absolute atomic E-state index is 10.6. The van der Waals surface area contributed by atoms with E-state index >= 15 is 0 Å². The first-order valence-corrected chi connectivity index (χ1v) is 3.54. The molecule has 0 aliphatic carbocycles. The fourth-order valence-corrected chi connectivity index (χ4v) is 0.696. The highest BCUT2D eigenvalue weighted by atomic mass is 16.1. The molecule has 0 amide bonds. The molecule has 0 saturated heterocycles. The quantitative estimate of drug-likeness (QED) is 0.578. The molecule has 3 nitrogen and oxygen atoms in total. The van der Waals surface area contributed by atoms with Crippen LogP contribution in [0, 0.1) is 5.92 Å². The molecule has 0 radical (unpaired) electrons. The maximum atomic E-state index is 10.6. The van der Waals surface area contributed by atoms with Crippen molar-refractivity contribution in [3.05, 3.63) is 0 Å². The lowest BCUT2D eigenvalue weighted by atomic mass is 10.0. The van der Waals surface area contributed by atoms with Crippen molar-refractivity contribution < 1.29 is 4.79 Å².